The van der Waals surface area contributed by atoms with E-state index in [0.29, 0.717) is 48.0 Å². The summed E-state index contributed by atoms with van der Waals surface area (Å²) in [4.78, 5) is 65.6. The van der Waals surface area contributed by atoms with Crippen molar-refractivity contribution in [3.63, 3.8) is 0 Å². The van der Waals surface area contributed by atoms with E-state index >= 15 is 0 Å². The molecule has 2 aromatic rings. The van der Waals surface area contributed by atoms with E-state index in [2.05, 4.69) is 15.6 Å². The summed E-state index contributed by atoms with van der Waals surface area (Å²) < 4.78 is 17.0. The number of aliphatic carboxylic acids is 1. The maximum atomic E-state index is 13.2. The van der Waals surface area contributed by atoms with Crippen LogP contribution in [0, 0.1) is 0 Å². The van der Waals surface area contributed by atoms with Gasteiger partial charge in [0.1, 0.15) is 22.5 Å². The van der Waals surface area contributed by atoms with Crippen LogP contribution in [0.1, 0.15) is 87.9 Å². The van der Waals surface area contributed by atoms with Gasteiger partial charge in [-0.05, 0) is 102 Å². The first-order valence-electron chi connectivity index (χ1n) is 16.1. The molecule has 0 radical (unpaired) electrons. The van der Waals surface area contributed by atoms with Gasteiger partial charge in [-0.3, -0.25) is 14.9 Å². The van der Waals surface area contributed by atoms with Crippen LogP contribution in [0.25, 0.3) is 33.4 Å². The first-order valence-corrected chi connectivity index (χ1v) is 16.1. The number of nitrogens with zero attached hydrogens (tertiary/aromatic N) is 1. The van der Waals surface area contributed by atoms with Crippen LogP contribution in [-0.2, 0) is 14.3 Å². The number of hydrogen-bond donors (Lipinski definition) is 4. The van der Waals surface area contributed by atoms with Crippen molar-refractivity contribution in [3.05, 3.63) is 71.1 Å². The number of carboxylic acid groups (broad SMARTS) is 2. The van der Waals surface area contributed by atoms with Gasteiger partial charge in [0.05, 0.1) is 10.9 Å². The summed E-state index contributed by atoms with van der Waals surface area (Å²) in [6.45, 7) is 10.7. The third-order valence-corrected chi connectivity index (χ3v) is 7.10. The molecule has 13 heteroatoms. The topological polar surface area (TPSA) is 194 Å². The van der Waals surface area contributed by atoms with E-state index in [1.54, 1.807) is 71.9 Å². The van der Waals surface area contributed by atoms with Gasteiger partial charge < -0.3 is 29.4 Å². The molecule has 0 unspecified atom stereocenters. The molecule has 1 aliphatic heterocycles. The zero-order valence-corrected chi connectivity index (χ0v) is 28.8. The molecule has 50 heavy (non-hydrogen) atoms. The molecule has 13 nitrogen and oxygen atoms in total. The van der Waals surface area contributed by atoms with Crippen LogP contribution in [0.3, 0.4) is 0 Å². The highest BCUT2D eigenvalue weighted by Gasteiger charge is 2.24. The number of benzene rings is 3. The molecule has 2 aliphatic rings. The predicted molar refractivity (Wildman–Crippen MR) is 185 cm³/mol. The Morgan fingerprint density at radius 2 is 1.52 bits per heavy atom. The number of fused-ring (bicyclic) bond motifs is 2. The Bertz CT molecular complexity index is 1980. The van der Waals surface area contributed by atoms with Gasteiger partial charge in [0.15, 0.2) is 0 Å². The number of ether oxygens (including phenoxy) is 2. The lowest BCUT2D eigenvalue weighted by Gasteiger charge is -2.20. The number of nitrogens with one attached hydrogen (secondary N) is 2. The van der Waals surface area contributed by atoms with Crippen LogP contribution in [0.15, 0.2) is 64.0 Å². The van der Waals surface area contributed by atoms with Gasteiger partial charge in [-0.15, -0.1) is 0 Å². The molecular weight excluding hydrogens is 646 g/mol. The van der Waals surface area contributed by atoms with Crippen LogP contribution in [0.2, 0.25) is 0 Å². The Balaban J connectivity index is 1.85. The fraction of sp³-hybridized carbons (Fsp3) is 0.351. The van der Waals surface area contributed by atoms with Gasteiger partial charge in [-0.25, -0.2) is 14.4 Å². The Kier molecular flexibility index (Phi) is 11.3. The van der Waals surface area contributed by atoms with Gasteiger partial charge >= 0.3 is 24.1 Å². The van der Waals surface area contributed by atoms with Crippen LogP contribution < -0.4 is 16.0 Å². The number of amides is 3. The first kappa shape index (κ1) is 37.1. The van der Waals surface area contributed by atoms with E-state index in [-0.39, 0.29) is 39.8 Å². The smallest absolute Gasteiger partial charge is 0.434 e. The molecule has 0 saturated carbocycles. The molecule has 0 fully saturated rings. The zero-order chi connectivity index (χ0) is 36.8. The van der Waals surface area contributed by atoms with Gasteiger partial charge in [0.25, 0.3) is 5.91 Å². The largest absolute Gasteiger partial charge is 0.481 e. The quantitative estimate of drug-likeness (QED) is 0.0960. The normalized spacial score (nSPS) is 12.1. The SMILES string of the molecule is CC(C)(C)OC(=O)/N=c1\ccc2c(-c3cc(C(=O)NCCCCCC(=O)O)ccc3C(=O)O)c3ccc(NC(=O)OC(C)(C)C)cc3oc-2c1. The van der Waals surface area contributed by atoms with Crippen molar-refractivity contribution < 1.29 is 48.1 Å². The summed E-state index contributed by atoms with van der Waals surface area (Å²) >= 11 is 0. The fourth-order valence-corrected chi connectivity index (χ4v) is 5.09. The third kappa shape index (κ3) is 10.1. The van der Waals surface area contributed by atoms with E-state index in [1.165, 1.54) is 24.3 Å². The number of anilines is 1. The molecule has 1 aliphatic carbocycles. The molecule has 0 aromatic heterocycles. The van der Waals surface area contributed by atoms with Gasteiger partial charge in [-0.1, -0.05) is 6.42 Å². The number of hydrogen-bond acceptors (Lipinski definition) is 8. The van der Waals surface area contributed by atoms with Crippen molar-refractivity contribution in [2.75, 3.05) is 11.9 Å². The zero-order valence-electron chi connectivity index (χ0n) is 28.8. The molecule has 2 aromatic carbocycles. The lowest BCUT2D eigenvalue weighted by Crippen LogP contribution is -2.27. The lowest BCUT2D eigenvalue weighted by atomic mass is 9.89. The highest BCUT2D eigenvalue weighted by atomic mass is 16.6. The van der Waals surface area contributed by atoms with E-state index in [0.717, 1.165) is 0 Å². The van der Waals surface area contributed by atoms with E-state index in [9.17, 15) is 29.1 Å². The minimum atomic E-state index is -1.23. The highest BCUT2D eigenvalue weighted by molar-refractivity contribution is 6.09. The van der Waals surface area contributed by atoms with Crippen LogP contribution >= 0.6 is 0 Å². The number of carbonyl (C=O) groups excluding carboxylic acids is 3. The van der Waals surface area contributed by atoms with Gasteiger partial charge in [0, 0.05) is 52.9 Å². The Morgan fingerprint density at radius 1 is 0.800 bits per heavy atom. The van der Waals surface area contributed by atoms with Crippen LogP contribution in [0.5, 0.6) is 0 Å². The molecule has 0 spiro atoms. The molecule has 4 rings (SSSR count). The molecular formula is C37H41N3O10. The van der Waals surface area contributed by atoms with Crippen molar-refractivity contribution in [2.24, 2.45) is 4.99 Å². The third-order valence-electron chi connectivity index (χ3n) is 7.10. The number of carboxylic acids is 2. The fourth-order valence-electron chi connectivity index (χ4n) is 5.09. The second kappa shape index (κ2) is 15.2. The number of rotatable bonds is 10. The van der Waals surface area contributed by atoms with Crippen molar-refractivity contribution in [3.8, 4) is 22.5 Å². The second-order valence-electron chi connectivity index (χ2n) is 13.6. The summed E-state index contributed by atoms with van der Waals surface area (Å²) in [7, 11) is 0. The summed E-state index contributed by atoms with van der Waals surface area (Å²) in [5.41, 5.74) is 0.318. The predicted octanol–water partition coefficient (Wildman–Crippen LogP) is 7.46. The molecule has 0 saturated heterocycles. The maximum Gasteiger partial charge on any atom is 0.434 e. The van der Waals surface area contributed by atoms with Crippen molar-refractivity contribution in [1.29, 1.82) is 0 Å². The average Bonchev–Trinajstić information content (AvgIpc) is 2.98. The van der Waals surface area contributed by atoms with E-state index < -0.39 is 41.2 Å². The Morgan fingerprint density at radius 3 is 2.18 bits per heavy atom. The maximum absolute atomic E-state index is 13.2. The van der Waals surface area contributed by atoms with E-state index in [4.69, 9.17) is 19.0 Å². The van der Waals surface area contributed by atoms with Crippen molar-refractivity contribution in [2.45, 2.75) is 78.4 Å². The van der Waals surface area contributed by atoms with Crippen molar-refractivity contribution >= 4 is 46.7 Å². The minimum absolute atomic E-state index is 0.0500. The molecule has 4 N–H and O–H groups in total. The van der Waals surface area contributed by atoms with Crippen molar-refractivity contribution in [1.82, 2.24) is 5.32 Å². The molecule has 0 bridgehead atoms. The van der Waals surface area contributed by atoms with Crippen LogP contribution in [-0.4, -0.2) is 58.0 Å². The van der Waals surface area contributed by atoms with Gasteiger partial charge in [0.2, 0.25) is 0 Å². The number of aromatic carboxylic acids is 1. The summed E-state index contributed by atoms with van der Waals surface area (Å²) in [5.74, 6) is -2.30. The highest BCUT2D eigenvalue weighted by Crippen LogP contribution is 2.42. The summed E-state index contributed by atoms with van der Waals surface area (Å²) in [5, 5.41) is 25.2. The van der Waals surface area contributed by atoms with Crippen LogP contribution in [0.4, 0.5) is 15.3 Å². The Labute approximate surface area is 288 Å². The molecule has 264 valence electrons. The Hall–Kier alpha value is -5.72. The standard InChI is InChI=1S/C37H41N3O10/c1-36(2,3)49-34(46)39-22-12-15-25-28(19-22)48-29-20-23(40-35(47)50-37(4,5)6)13-16-26(29)31(25)27-18-21(11-14-24(27)33(44)45)32(43)38-17-9-7-8-10-30(41)42/h11-16,18-20H,7-10,17H2,1-6H3,(H,38,43)(H,39,46)(H,41,42)(H,44,45)/b40-23+. The second-order valence-corrected chi connectivity index (χ2v) is 13.6. The van der Waals surface area contributed by atoms with Gasteiger partial charge in [-0.2, -0.15) is 4.99 Å². The molecule has 1 heterocycles. The summed E-state index contributed by atoms with van der Waals surface area (Å²) in [6.07, 6.45) is 0.234. The minimum Gasteiger partial charge on any atom is -0.481 e. The average molecular weight is 688 g/mol. The lowest BCUT2D eigenvalue weighted by molar-refractivity contribution is -0.137. The molecule has 3 amide bonds. The number of carbonyl (C=O) groups is 5. The van der Waals surface area contributed by atoms with E-state index in [1.807, 2.05) is 0 Å². The summed E-state index contributed by atoms with van der Waals surface area (Å²) in [6, 6.07) is 13.8. The number of unbranched alkanes of at least 4 members (excludes halogenated alkanes) is 2. The molecule has 0 atom stereocenters. The monoisotopic (exact) mass is 687 g/mol. The first-order chi connectivity index (χ1) is 23.4.